The Morgan fingerprint density at radius 1 is 1.14 bits per heavy atom. The SMILES string of the molecule is O=C(Cl)/C=C/c1c(Cl)cc(Cl)cc1Cl. The minimum absolute atomic E-state index is 0.372. The summed E-state index contributed by atoms with van der Waals surface area (Å²) in [5.41, 5.74) is 0.520. The topological polar surface area (TPSA) is 17.1 Å². The van der Waals surface area contributed by atoms with Gasteiger partial charge in [-0.05, 0) is 35.9 Å². The Balaban J connectivity index is 3.15. The molecule has 0 aliphatic rings. The molecule has 0 aliphatic heterocycles. The predicted octanol–water partition coefficient (Wildman–Crippen LogP) is 4.43. The molecule has 0 heterocycles. The smallest absolute Gasteiger partial charge is 0.245 e. The van der Waals surface area contributed by atoms with Gasteiger partial charge in [-0.15, -0.1) is 0 Å². The third kappa shape index (κ3) is 3.18. The fourth-order valence-corrected chi connectivity index (χ4v) is 1.87. The van der Waals surface area contributed by atoms with Crippen molar-refractivity contribution in [1.29, 1.82) is 0 Å². The van der Waals surface area contributed by atoms with E-state index in [4.69, 9.17) is 46.4 Å². The van der Waals surface area contributed by atoms with Crippen LogP contribution in [0.15, 0.2) is 18.2 Å². The zero-order valence-electron chi connectivity index (χ0n) is 6.73. The van der Waals surface area contributed by atoms with Gasteiger partial charge < -0.3 is 0 Å². The van der Waals surface area contributed by atoms with E-state index in [9.17, 15) is 4.79 Å². The van der Waals surface area contributed by atoms with E-state index in [2.05, 4.69) is 0 Å². The maximum atomic E-state index is 10.5. The van der Waals surface area contributed by atoms with Crippen molar-refractivity contribution in [2.75, 3.05) is 0 Å². The molecule has 0 saturated heterocycles. The minimum atomic E-state index is -0.591. The average Bonchev–Trinajstić information content (AvgIpc) is 2.01. The van der Waals surface area contributed by atoms with Gasteiger partial charge in [-0.2, -0.15) is 0 Å². The molecule has 1 aromatic carbocycles. The highest BCUT2D eigenvalue weighted by molar-refractivity contribution is 6.66. The highest BCUT2D eigenvalue weighted by atomic mass is 35.5. The van der Waals surface area contributed by atoms with Crippen LogP contribution in [0.2, 0.25) is 15.1 Å². The van der Waals surface area contributed by atoms with Gasteiger partial charge in [-0.1, -0.05) is 34.8 Å². The van der Waals surface area contributed by atoms with Crippen molar-refractivity contribution < 1.29 is 4.79 Å². The Labute approximate surface area is 101 Å². The molecule has 14 heavy (non-hydrogen) atoms. The van der Waals surface area contributed by atoms with Crippen LogP contribution in [0, 0.1) is 0 Å². The summed E-state index contributed by atoms with van der Waals surface area (Å²) in [6.45, 7) is 0. The van der Waals surface area contributed by atoms with Gasteiger partial charge in [0.15, 0.2) is 0 Å². The summed E-state index contributed by atoms with van der Waals surface area (Å²) in [6, 6.07) is 3.07. The number of carbonyl (C=O) groups is 1. The standard InChI is InChI=1S/C9H4Cl4O/c10-5-3-7(11)6(8(12)4-5)1-2-9(13)14/h1-4H/b2-1+. The maximum absolute atomic E-state index is 10.5. The van der Waals surface area contributed by atoms with E-state index < -0.39 is 5.24 Å². The molecule has 0 spiro atoms. The van der Waals surface area contributed by atoms with E-state index in [-0.39, 0.29) is 0 Å². The summed E-state index contributed by atoms with van der Waals surface area (Å²) in [5.74, 6) is 0. The molecule has 0 aliphatic carbocycles. The normalized spacial score (nSPS) is 10.9. The molecular formula is C9H4Cl4O. The minimum Gasteiger partial charge on any atom is -0.276 e. The molecule has 0 radical (unpaired) electrons. The van der Waals surface area contributed by atoms with Gasteiger partial charge in [-0.3, -0.25) is 4.79 Å². The Morgan fingerprint density at radius 3 is 2.07 bits per heavy atom. The molecule has 0 unspecified atom stereocenters. The second-order valence-electron chi connectivity index (χ2n) is 2.42. The van der Waals surface area contributed by atoms with Crippen LogP contribution >= 0.6 is 46.4 Å². The fourth-order valence-electron chi connectivity index (χ4n) is 0.861. The third-order valence-electron chi connectivity index (χ3n) is 1.42. The van der Waals surface area contributed by atoms with Gasteiger partial charge >= 0.3 is 0 Å². The third-order valence-corrected chi connectivity index (χ3v) is 2.39. The van der Waals surface area contributed by atoms with E-state index in [0.29, 0.717) is 20.6 Å². The molecule has 1 aromatic rings. The maximum Gasteiger partial charge on any atom is 0.245 e. The first-order valence-electron chi connectivity index (χ1n) is 3.53. The first-order valence-corrected chi connectivity index (χ1v) is 5.04. The molecule has 1 rings (SSSR count). The Morgan fingerprint density at radius 2 is 1.64 bits per heavy atom. The number of halogens is 4. The first-order chi connectivity index (χ1) is 6.50. The largest absolute Gasteiger partial charge is 0.276 e. The Hall–Kier alpha value is -0.210. The van der Waals surface area contributed by atoms with Crippen molar-refractivity contribution in [1.82, 2.24) is 0 Å². The van der Waals surface area contributed by atoms with Crippen molar-refractivity contribution >= 4 is 57.7 Å². The summed E-state index contributed by atoms with van der Waals surface area (Å²) in [7, 11) is 0. The van der Waals surface area contributed by atoms with Crippen LogP contribution in [-0.4, -0.2) is 5.24 Å². The van der Waals surface area contributed by atoms with Crippen LogP contribution in [0.25, 0.3) is 6.08 Å². The molecule has 0 bridgehead atoms. The quantitative estimate of drug-likeness (QED) is 0.574. The number of allylic oxidation sites excluding steroid dienone is 1. The molecule has 5 heteroatoms. The van der Waals surface area contributed by atoms with E-state index in [1.165, 1.54) is 24.3 Å². The highest BCUT2D eigenvalue weighted by Gasteiger charge is 2.04. The lowest BCUT2D eigenvalue weighted by atomic mass is 10.2. The van der Waals surface area contributed by atoms with Crippen LogP contribution < -0.4 is 0 Å². The molecule has 0 fully saturated rings. The van der Waals surface area contributed by atoms with Crippen molar-refractivity contribution in [2.24, 2.45) is 0 Å². The summed E-state index contributed by atoms with van der Waals surface area (Å²) in [6.07, 6.45) is 2.61. The van der Waals surface area contributed by atoms with E-state index in [0.717, 1.165) is 0 Å². The highest BCUT2D eigenvalue weighted by Crippen LogP contribution is 2.29. The summed E-state index contributed by atoms with van der Waals surface area (Å²) < 4.78 is 0. The van der Waals surface area contributed by atoms with Gasteiger partial charge in [0.05, 0.1) is 10.0 Å². The Bertz CT molecular complexity index is 375. The number of hydrogen-bond acceptors (Lipinski definition) is 1. The molecule has 0 N–H and O–H groups in total. The zero-order chi connectivity index (χ0) is 10.7. The van der Waals surface area contributed by atoms with Gasteiger partial charge in [0.25, 0.3) is 0 Å². The lowest BCUT2D eigenvalue weighted by Crippen LogP contribution is -1.81. The fraction of sp³-hybridized carbons (Fsp3) is 0. The van der Waals surface area contributed by atoms with Gasteiger partial charge in [0, 0.05) is 10.6 Å². The summed E-state index contributed by atoms with van der Waals surface area (Å²) >= 11 is 22.5. The first kappa shape index (κ1) is 11.9. The lowest BCUT2D eigenvalue weighted by molar-refractivity contribution is -0.107. The van der Waals surface area contributed by atoms with Crippen LogP contribution in [0.3, 0.4) is 0 Å². The van der Waals surface area contributed by atoms with Crippen molar-refractivity contribution in [2.45, 2.75) is 0 Å². The number of rotatable bonds is 2. The predicted molar refractivity (Wildman–Crippen MR) is 61.4 cm³/mol. The molecular weight excluding hydrogens is 266 g/mol. The average molecular weight is 270 g/mol. The van der Waals surface area contributed by atoms with E-state index in [1.807, 2.05) is 0 Å². The number of carbonyl (C=O) groups excluding carboxylic acids is 1. The summed E-state index contributed by atoms with van der Waals surface area (Å²) in [4.78, 5) is 10.5. The molecule has 74 valence electrons. The lowest BCUT2D eigenvalue weighted by Gasteiger charge is -2.01. The van der Waals surface area contributed by atoms with E-state index >= 15 is 0 Å². The molecule has 0 saturated carbocycles. The van der Waals surface area contributed by atoms with Crippen molar-refractivity contribution in [3.63, 3.8) is 0 Å². The second kappa shape index (κ2) is 5.04. The van der Waals surface area contributed by atoms with Crippen LogP contribution in [0.1, 0.15) is 5.56 Å². The monoisotopic (exact) mass is 268 g/mol. The van der Waals surface area contributed by atoms with E-state index in [1.54, 1.807) is 0 Å². The molecule has 0 amide bonds. The molecule has 0 aromatic heterocycles. The van der Waals surface area contributed by atoms with Crippen LogP contribution in [-0.2, 0) is 4.79 Å². The number of hydrogen-bond donors (Lipinski definition) is 0. The number of benzene rings is 1. The van der Waals surface area contributed by atoms with Gasteiger partial charge in [-0.25, -0.2) is 0 Å². The second-order valence-corrected chi connectivity index (χ2v) is 4.04. The Kier molecular flexibility index (Phi) is 4.27. The van der Waals surface area contributed by atoms with Crippen molar-refractivity contribution in [3.05, 3.63) is 38.8 Å². The van der Waals surface area contributed by atoms with Gasteiger partial charge in [0.1, 0.15) is 0 Å². The summed E-state index contributed by atoms with van der Waals surface area (Å²) in [5, 5.41) is 0.592. The van der Waals surface area contributed by atoms with Crippen LogP contribution in [0.5, 0.6) is 0 Å². The van der Waals surface area contributed by atoms with Crippen molar-refractivity contribution in [3.8, 4) is 0 Å². The van der Waals surface area contributed by atoms with Gasteiger partial charge in [0.2, 0.25) is 5.24 Å². The molecule has 0 atom stereocenters. The zero-order valence-corrected chi connectivity index (χ0v) is 9.75. The van der Waals surface area contributed by atoms with Crippen LogP contribution in [0.4, 0.5) is 0 Å². The molecule has 1 nitrogen and oxygen atoms in total.